The minimum atomic E-state index is -1.05. The van der Waals surface area contributed by atoms with Gasteiger partial charge in [0.15, 0.2) is 17.3 Å². The summed E-state index contributed by atoms with van der Waals surface area (Å²) in [6.07, 6.45) is 9.94. The van der Waals surface area contributed by atoms with Crippen molar-refractivity contribution < 1.29 is 19.4 Å². The average molecular weight is 387 g/mol. The number of ether oxygens (including phenoxy) is 2. The number of nitrogens with zero attached hydrogens (tertiary/aromatic N) is 2. The lowest BCUT2D eigenvalue weighted by Crippen LogP contribution is -2.08. The number of halogens is 1. The summed E-state index contributed by atoms with van der Waals surface area (Å²) in [5.41, 5.74) is 1.31. The molecule has 0 spiro atoms. The Bertz CT molecular complexity index is 917. The monoisotopic (exact) mass is 386 g/mol. The van der Waals surface area contributed by atoms with E-state index < -0.39 is 5.97 Å². The molecule has 0 bridgehead atoms. The van der Waals surface area contributed by atoms with Gasteiger partial charge >= 0.3 is 5.97 Å². The molecule has 0 aliphatic rings. The summed E-state index contributed by atoms with van der Waals surface area (Å²) in [5.74, 6) is 2.49. The van der Waals surface area contributed by atoms with Crippen LogP contribution < -0.4 is 9.47 Å². The fourth-order valence-electron chi connectivity index (χ4n) is 2.36. The van der Waals surface area contributed by atoms with Crippen molar-refractivity contribution in [3.05, 3.63) is 46.0 Å². The van der Waals surface area contributed by atoms with Crippen molar-refractivity contribution in [3.63, 3.8) is 0 Å². The van der Waals surface area contributed by atoms with Crippen molar-refractivity contribution in [2.75, 3.05) is 13.7 Å². The fourth-order valence-corrected chi connectivity index (χ4v) is 2.63. The Morgan fingerprint density at radius 1 is 1.41 bits per heavy atom. The maximum Gasteiger partial charge on any atom is 0.339 e. The van der Waals surface area contributed by atoms with E-state index in [9.17, 15) is 9.90 Å². The van der Waals surface area contributed by atoms with E-state index in [2.05, 4.69) is 15.9 Å². The molecule has 1 aromatic carbocycles. The lowest BCUT2D eigenvalue weighted by atomic mass is 10.1. The molecule has 1 aromatic heterocycles. The molecule has 27 heavy (non-hydrogen) atoms. The topological polar surface area (TPSA) is 81.5 Å². The summed E-state index contributed by atoms with van der Waals surface area (Å²) >= 11 is 6.25. The van der Waals surface area contributed by atoms with Gasteiger partial charge in [0, 0.05) is 6.20 Å². The van der Waals surface area contributed by atoms with Crippen LogP contribution in [-0.2, 0) is 0 Å². The zero-order chi connectivity index (χ0) is 20.0. The zero-order valence-corrected chi connectivity index (χ0v) is 15.9. The van der Waals surface area contributed by atoms with Crippen LogP contribution in [0.15, 0.2) is 18.3 Å². The van der Waals surface area contributed by atoms with E-state index >= 15 is 0 Å². The van der Waals surface area contributed by atoms with Gasteiger partial charge in [0.05, 0.1) is 23.4 Å². The summed E-state index contributed by atoms with van der Waals surface area (Å²) in [7, 11) is 1.50. The first-order valence-electron chi connectivity index (χ1n) is 8.09. The summed E-state index contributed by atoms with van der Waals surface area (Å²) in [6.45, 7) is 3.83. The van der Waals surface area contributed by atoms with Crippen LogP contribution in [0.1, 0.15) is 47.2 Å². The van der Waals surface area contributed by atoms with Gasteiger partial charge in [0.1, 0.15) is 6.61 Å². The normalized spacial score (nSPS) is 10.8. The third-order valence-corrected chi connectivity index (χ3v) is 3.87. The number of hydrogen-bond acceptors (Lipinski definition) is 5. The molecule has 0 atom stereocenters. The summed E-state index contributed by atoms with van der Waals surface area (Å²) in [4.78, 5) is 19.7. The highest BCUT2D eigenvalue weighted by molar-refractivity contribution is 6.32. The molecule has 0 radical (unpaired) electrons. The van der Waals surface area contributed by atoms with E-state index in [4.69, 9.17) is 27.5 Å². The second-order valence-corrected chi connectivity index (χ2v) is 6.25. The molecule has 2 aromatic rings. The quantitative estimate of drug-likeness (QED) is 0.720. The van der Waals surface area contributed by atoms with E-state index in [0.717, 1.165) is 5.56 Å². The third kappa shape index (κ3) is 4.99. The lowest BCUT2D eigenvalue weighted by Gasteiger charge is -2.11. The molecular weight excluding hydrogens is 368 g/mol. The van der Waals surface area contributed by atoms with Crippen molar-refractivity contribution in [3.8, 4) is 23.8 Å². The van der Waals surface area contributed by atoms with E-state index in [1.807, 2.05) is 13.8 Å². The van der Waals surface area contributed by atoms with Gasteiger partial charge in [-0.2, -0.15) is 0 Å². The molecule has 0 aliphatic carbocycles. The molecule has 1 N–H and O–H groups in total. The Hall–Kier alpha value is -3.04. The Balaban J connectivity index is 2.35. The number of hydrogen-bond donors (Lipinski definition) is 1. The van der Waals surface area contributed by atoms with Gasteiger partial charge in [-0.3, -0.25) is 0 Å². The van der Waals surface area contributed by atoms with Crippen LogP contribution in [0.3, 0.4) is 0 Å². The number of carboxylic acids is 1. The SMILES string of the molecule is C#CCOc1c(Cl)cc(C=Cc2ncc(C(=O)O)c(C(C)C)n2)cc1OC. The molecule has 0 fully saturated rings. The zero-order valence-electron chi connectivity index (χ0n) is 15.2. The van der Waals surface area contributed by atoms with Gasteiger partial charge in [0.25, 0.3) is 0 Å². The average Bonchev–Trinajstić information content (AvgIpc) is 2.64. The van der Waals surface area contributed by atoms with Crippen molar-refractivity contribution in [1.29, 1.82) is 0 Å². The Morgan fingerprint density at radius 2 is 2.15 bits per heavy atom. The molecule has 6 nitrogen and oxygen atoms in total. The largest absolute Gasteiger partial charge is 0.493 e. The highest BCUT2D eigenvalue weighted by Gasteiger charge is 2.16. The van der Waals surface area contributed by atoms with Crippen molar-refractivity contribution in [2.45, 2.75) is 19.8 Å². The first kappa shape index (κ1) is 20.3. The molecule has 0 unspecified atom stereocenters. The standard InChI is InChI=1S/C20H19ClN2O4/c1-5-8-27-19-15(21)9-13(10-16(19)26-4)6-7-17-22-11-14(20(24)25)18(23-17)12(2)3/h1,6-7,9-12H,8H2,2-4H3,(H,24,25). The summed E-state index contributed by atoms with van der Waals surface area (Å²) < 4.78 is 10.7. The van der Waals surface area contributed by atoms with Crippen LogP contribution >= 0.6 is 11.6 Å². The second kappa shape index (κ2) is 9.06. The minimum Gasteiger partial charge on any atom is -0.493 e. The fraction of sp³-hybridized carbons (Fsp3) is 0.250. The van der Waals surface area contributed by atoms with Crippen LogP contribution in [0.25, 0.3) is 12.2 Å². The van der Waals surface area contributed by atoms with Gasteiger partial charge in [-0.15, -0.1) is 6.42 Å². The number of aromatic nitrogens is 2. The van der Waals surface area contributed by atoms with Crippen LogP contribution in [0.2, 0.25) is 5.02 Å². The van der Waals surface area contributed by atoms with Crippen LogP contribution in [0.4, 0.5) is 0 Å². The minimum absolute atomic E-state index is 0.0478. The van der Waals surface area contributed by atoms with Gasteiger partial charge in [0.2, 0.25) is 0 Å². The smallest absolute Gasteiger partial charge is 0.339 e. The predicted molar refractivity (Wildman–Crippen MR) is 104 cm³/mol. The molecular formula is C20H19ClN2O4. The number of methoxy groups -OCH3 is 1. The van der Waals surface area contributed by atoms with Gasteiger partial charge < -0.3 is 14.6 Å². The summed E-state index contributed by atoms with van der Waals surface area (Å²) in [6, 6.07) is 3.44. The van der Waals surface area contributed by atoms with E-state index in [1.54, 1.807) is 24.3 Å². The van der Waals surface area contributed by atoms with Crippen molar-refractivity contribution in [1.82, 2.24) is 9.97 Å². The molecule has 7 heteroatoms. The molecule has 0 aliphatic heterocycles. The maximum absolute atomic E-state index is 11.3. The van der Waals surface area contributed by atoms with Crippen LogP contribution in [0.5, 0.6) is 11.5 Å². The third-order valence-electron chi connectivity index (χ3n) is 3.59. The van der Waals surface area contributed by atoms with E-state index in [-0.39, 0.29) is 18.1 Å². The highest BCUT2D eigenvalue weighted by atomic mass is 35.5. The molecule has 0 saturated heterocycles. The van der Waals surface area contributed by atoms with E-state index in [1.165, 1.54) is 13.3 Å². The van der Waals surface area contributed by atoms with Gasteiger partial charge in [-0.25, -0.2) is 14.8 Å². The Morgan fingerprint density at radius 3 is 2.74 bits per heavy atom. The lowest BCUT2D eigenvalue weighted by molar-refractivity contribution is 0.0694. The molecule has 2 rings (SSSR count). The van der Waals surface area contributed by atoms with Crippen molar-refractivity contribution in [2.24, 2.45) is 0 Å². The second-order valence-electron chi connectivity index (χ2n) is 5.85. The van der Waals surface area contributed by atoms with E-state index in [0.29, 0.717) is 28.0 Å². The van der Waals surface area contributed by atoms with Crippen molar-refractivity contribution >= 4 is 29.7 Å². The molecule has 0 amide bonds. The van der Waals surface area contributed by atoms with Crippen LogP contribution in [0, 0.1) is 12.3 Å². The number of terminal acetylenes is 1. The number of rotatable bonds is 7. The maximum atomic E-state index is 11.3. The Labute approximate surface area is 162 Å². The number of benzene rings is 1. The predicted octanol–water partition coefficient (Wildman–Crippen LogP) is 4.14. The number of aromatic carboxylic acids is 1. The number of carbonyl (C=O) groups is 1. The molecule has 1 heterocycles. The van der Waals surface area contributed by atoms with Gasteiger partial charge in [-0.05, 0) is 29.7 Å². The van der Waals surface area contributed by atoms with Gasteiger partial charge in [-0.1, -0.05) is 37.4 Å². The Kier molecular flexibility index (Phi) is 6.80. The molecule has 140 valence electrons. The number of carboxylic acid groups (broad SMARTS) is 1. The van der Waals surface area contributed by atoms with Crippen LogP contribution in [-0.4, -0.2) is 34.8 Å². The molecule has 0 saturated carbocycles. The first-order valence-corrected chi connectivity index (χ1v) is 8.47. The first-order chi connectivity index (χ1) is 12.9. The highest BCUT2D eigenvalue weighted by Crippen LogP contribution is 2.36. The summed E-state index contributed by atoms with van der Waals surface area (Å²) in [5, 5.41) is 9.59.